The molecule has 0 fully saturated rings. The van der Waals surface area contributed by atoms with Crippen LogP contribution in [-0.4, -0.2) is 5.91 Å². The number of thiophene rings is 1. The van der Waals surface area contributed by atoms with Gasteiger partial charge in [-0.05, 0) is 61.9 Å². The molecule has 3 rings (SSSR count). The molecule has 1 heterocycles. The third kappa shape index (κ3) is 2.81. The molecule has 0 saturated heterocycles. The Morgan fingerprint density at radius 1 is 1.25 bits per heavy atom. The SMILES string of the molecule is Cc1ccc(NC(=O)c2cc3c(s2)CCCC3)cc1Br. The molecule has 2 aromatic rings. The van der Waals surface area contributed by atoms with Crippen molar-refractivity contribution in [3.63, 3.8) is 0 Å². The molecule has 0 bridgehead atoms. The lowest BCUT2D eigenvalue weighted by Crippen LogP contribution is -2.10. The maximum Gasteiger partial charge on any atom is 0.265 e. The van der Waals surface area contributed by atoms with Gasteiger partial charge in [0.05, 0.1) is 4.88 Å². The zero-order chi connectivity index (χ0) is 14.1. The van der Waals surface area contributed by atoms with Gasteiger partial charge < -0.3 is 5.32 Å². The van der Waals surface area contributed by atoms with Crippen LogP contribution in [0.2, 0.25) is 0 Å². The maximum absolute atomic E-state index is 12.3. The number of aryl methyl sites for hydroxylation is 3. The summed E-state index contributed by atoms with van der Waals surface area (Å²) in [6.45, 7) is 2.03. The number of nitrogens with one attached hydrogen (secondary N) is 1. The Morgan fingerprint density at radius 2 is 2.05 bits per heavy atom. The summed E-state index contributed by atoms with van der Waals surface area (Å²) in [4.78, 5) is 14.5. The van der Waals surface area contributed by atoms with Gasteiger partial charge in [-0.25, -0.2) is 0 Å². The van der Waals surface area contributed by atoms with Crippen molar-refractivity contribution in [2.45, 2.75) is 32.6 Å². The molecule has 4 heteroatoms. The molecule has 0 saturated carbocycles. The molecule has 2 nitrogen and oxygen atoms in total. The van der Waals surface area contributed by atoms with E-state index in [4.69, 9.17) is 0 Å². The Kier molecular flexibility index (Phi) is 3.94. The standard InChI is InChI=1S/C16H16BrNOS/c1-10-6-7-12(9-13(10)17)18-16(19)15-8-11-4-2-3-5-14(11)20-15/h6-9H,2-5H2,1H3,(H,18,19). The third-order valence-corrected chi connectivity index (χ3v) is 5.74. The summed E-state index contributed by atoms with van der Waals surface area (Å²) in [5.41, 5.74) is 3.37. The van der Waals surface area contributed by atoms with E-state index in [1.165, 1.54) is 23.3 Å². The second kappa shape index (κ2) is 5.70. The van der Waals surface area contributed by atoms with Crippen molar-refractivity contribution in [2.24, 2.45) is 0 Å². The van der Waals surface area contributed by atoms with E-state index in [0.29, 0.717) is 0 Å². The van der Waals surface area contributed by atoms with E-state index in [9.17, 15) is 4.79 Å². The minimum atomic E-state index is 0.000142. The van der Waals surface area contributed by atoms with Crippen LogP contribution in [0, 0.1) is 6.92 Å². The topological polar surface area (TPSA) is 29.1 Å². The van der Waals surface area contributed by atoms with Gasteiger partial charge in [0.1, 0.15) is 0 Å². The summed E-state index contributed by atoms with van der Waals surface area (Å²) in [5, 5.41) is 2.98. The molecule has 1 amide bonds. The zero-order valence-corrected chi connectivity index (χ0v) is 13.7. The number of amides is 1. The Bertz CT molecular complexity index is 639. The normalized spacial score (nSPS) is 13.9. The molecular weight excluding hydrogens is 334 g/mol. The number of rotatable bonds is 2. The van der Waals surface area contributed by atoms with Crippen LogP contribution in [-0.2, 0) is 12.8 Å². The summed E-state index contributed by atoms with van der Waals surface area (Å²) in [6, 6.07) is 7.95. The number of hydrogen-bond donors (Lipinski definition) is 1. The van der Waals surface area contributed by atoms with E-state index in [-0.39, 0.29) is 5.91 Å². The van der Waals surface area contributed by atoms with Crippen LogP contribution >= 0.6 is 27.3 Å². The molecule has 104 valence electrons. The smallest absolute Gasteiger partial charge is 0.265 e. The average Bonchev–Trinajstić information content (AvgIpc) is 2.87. The highest BCUT2D eigenvalue weighted by Gasteiger charge is 2.17. The van der Waals surface area contributed by atoms with Gasteiger partial charge in [-0.1, -0.05) is 22.0 Å². The molecule has 20 heavy (non-hydrogen) atoms. The summed E-state index contributed by atoms with van der Waals surface area (Å²) in [5.74, 6) is 0.000142. The summed E-state index contributed by atoms with van der Waals surface area (Å²) < 4.78 is 1.01. The fourth-order valence-corrected chi connectivity index (χ4v) is 3.99. The number of hydrogen-bond acceptors (Lipinski definition) is 2. The van der Waals surface area contributed by atoms with Crippen molar-refractivity contribution in [2.75, 3.05) is 5.32 Å². The lowest BCUT2D eigenvalue weighted by Gasteiger charge is -2.08. The molecule has 0 atom stereocenters. The molecule has 0 aliphatic heterocycles. The largest absolute Gasteiger partial charge is 0.321 e. The lowest BCUT2D eigenvalue weighted by atomic mass is 9.99. The Hall–Kier alpha value is -1.13. The van der Waals surface area contributed by atoms with E-state index in [2.05, 4.69) is 27.3 Å². The molecule has 0 unspecified atom stereocenters. The van der Waals surface area contributed by atoms with Crippen LogP contribution in [0.25, 0.3) is 0 Å². The first-order valence-corrected chi connectivity index (χ1v) is 8.43. The highest BCUT2D eigenvalue weighted by Crippen LogP contribution is 2.30. The van der Waals surface area contributed by atoms with Gasteiger partial charge in [-0.15, -0.1) is 11.3 Å². The van der Waals surface area contributed by atoms with Crippen LogP contribution in [0.1, 0.15) is 38.5 Å². The van der Waals surface area contributed by atoms with E-state index in [1.54, 1.807) is 11.3 Å². The summed E-state index contributed by atoms with van der Waals surface area (Å²) >= 11 is 5.14. The van der Waals surface area contributed by atoms with E-state index in [0.717, 1.165) is 33.4 Å². The molecule has 0 radical (unpaired) electrons. The number of benzene rings is 1. The van der Waals surface area contributed by atoms with Crippen molar-refractivity contribution >= 4 is 38.9 Å². The van der Waals surface area contributed by atoms with Crippen molar-refractivity contribution in [3.05, 3.63) is 49.6 Å². The van der Waals surface area contributed by atoms with Crippen LogP contribution < -0.4 is 5.32 Å². The zero-order valence-electron chi connectivity index (χ0n) is 11.3. The number of carbonyl (C=O) groups is 1. The summed E-state index contributed by atoms with van der Waals surface area (Å²) in [6.07, 6.45) is 4.74. The van der Waals surface area contributed by atoms with Gasteiger partial charge >= 0.3 is 0 Å². The highest BCUT2D eigenvalue weighted by atomic mass is 79.9. The van der Waals surface area contributed by atoms with Crippen molar-refractivity contribution in [1.82, 2.24) is 0 Å². The molecular formula is C16H16BrNOS. The van der Waals surface area contributed by atoms with Gasteiger partial charge in [-0.3, -0.25) is 4.79 Å². The quantitative estimate of drug-likeness (QED) is 0.816. The monoisotopic (exact) mass is 349 g/mol. The minimum absolute atomic E-state index is 0.000142. The molecule has 1 N–H and O–H groups in total. The minimum Gasteiger partial charge on any atom is -0.321 e. The Labute approximate surface area is 131 Å². The van der Waals surface area contributed by atoms with Crippen LogP contribution in [0.4, 0.5) is 5.69 Å². The van der Waals surface area contributed by atoms with Crippen LogP contribution in [0.5, 0.6) is 0 Å². The van der Waals surface area contributed by atoms with Gasteiger partial charge in [0.25, 0.3) is 5.91 Å². The van der Waals surface area contributed by atoms with Crippen molar-refractivity contribution in [1.29, 1.82) is 0 Å². The fraction of sp³-hybridized carbons (Fsp3) is 0.312. The second-order valence-electron chi connectivity index (χ2n) is 5.18. The molecule has 1 aromatic heterocycles. The Morgan fingerprint density at radius 3 is 2.80 bits per heavy atom. The van der Waals surface area contributed by atoms with E-state index in [1.807, 2.05) is 25.1 Å². The number of fused-ring (bicyclic) bond motifs is 1. The maximum atomic E-state index is 12.3. The van der Waals surface area contributed by atoms with Crippen molar-refractivity contribution < 1.29 is 4.79 Å². The first-order valence-electron chi connectivity index (χ1n) is 6.82. The van der Waals surface area contributed by atoms with E-state index < -0.39 is 0 Å². The molecule has 1 aliphatic rings. The summed E-state index contributed by atoms with van der Waals surface area (Å²) in [7, 11) is 0. The second-order valence-corrected chi connectivity index (χ2v) is 7.18. The molecule has 0 spiro atoms. The first-order chi connectivity index (χ1) is 9.63. The predicted molar refractivity (Wildman–Crippen MR) is 87.8 cm³/mol. The van der Waals surface area contributed by atoms with Gasteiger partial charge in [0, 0.05) is 15.0 Å². The fourth-order valence-electron chi connectivity index (χ4n) is 2.47. The van der Waals surface area contributed by atoms with Crippen LogP contribution in [0.3, 0.4) is 0 Å². The number of halogens is 1. The van der Waals surface area contributed by atoms with E-state index >= 15 is 0 Å². The molecule has 1 aliphatic carbocycles. The van der Waals surface area contributed by atoms with Gasteiger partial charge in [0.2, 0.25) is 0 Å². The third-order valence-electron chi connectivity index (χ3n) is 3.65. The highest BCUT2D eigenvalue weighted by molar-refractivity contribution is 9.10. The number of carbonyl (C=O) groups excluding carboxylic acids is 1. The predicted octanol–water partition coefficient (Wildman–Crippen LogP) is 4.95. The number of anilines is 1. The molecule has 1 aromatic carbocycles. The van der Waals surface area contributed by atoms with Crippen molar-refractivity contribution in [3.8, 4) is 0 Å². The van der Waals surface area contributed by atoms with Crippen LogP contribution in [0.15, 0.2) is 28.7 Å². The van der Waals surface area contributed by atoms with Gasteiger partial charge in [-0.2, -0.15) is 0 Å². The average molecular weight is 350 g/mol. The Balaban J connectivity index is 1.78. The lowest BCUT2D eigenvalue weighted by molar-refractivity contribution is 0.103. The van der Waals surface area contributed by atoms with Gasteiger partial charge in [0.15, 0.2) is 0 Å². The first kappa shape index (κ1) is 13.8.